The quantitative estimate of drug-likeness (QED) is 0.647. The number of hydrogen-bond donors (Lipinski definition) is 0. The SMILES string of the molecule is Cc1cc(F)c(-c2cn3c(C)cccc3n2)cc1F. The smallest absolute Gasteiger partial charge is 0.137 e. The first-order chi connectivity index (χ1) is 9.06. The zero-order valence-electron chi connectivity index (χ0n) is 10.6. The molecule has 19 heavy (non-hydrogen) atoms. The van der Waals surface area contributed by atoms with Gasteiger partial charge in [0.05, 0.1) is 5.69 Å². The summed E-state index contributed by atoms with van der Waals surface area (Å²) in [5, 5.41) is 0. The van der Waals surface area contributed by atoms with E-state index in [9.17, 15) is 8.78 Å². The minimum atomic E-state index is -0.458. The molecule has 2 aromatic heterocycles. The summed E-state index contributed by atoms with van der Waals surface area (Å²) in [5.74, 6) is -0.884. The van der Waals surface area contributed by atoms with E-state index in [1.165, 1.54) is 19.1 Å². The Morgan fingerprint density at radius 2 is 1.84 bits per heavy atom. The van der Waals surface area contributed by atoms with Crippen LogP contribution in [0.15, 0.2) is 36.5 Å². The van der Waals surface area contributed by atoms with E-state index in [-0.39, 0.29) is 5.56 Å². The zero-order chi connectivity index (χ0) is 13.6. The van der Waals surface area contributed by atoms with Gasteiger partial charge in [0.15, 0.2) is 0 Å². The van der Waals surface area contributed by atoms with Crippen molar-refractivity contribution in [2.75, 3.05) is 0 Å². The summed E-state index contributed by atoms with van der Waals surface area (Å²) in [5.41, 5.74) is 2.62. The second-order valence-electron chi connectivity index (χ2n) is 4.60. The highest BCUT2D eigenvalue weighted by Gasteiger charge is 2.13. The van der Waals surface area contributed by atoms with Gasteiger partial charge in [-0.15, -0.1) is 0 Å². The molecule has 0 aliphatic heterocycles. The van der Waals surface area contributed by atoms with Crippen molar-refractivity contribution in [2.45, 2.75) is 13.8 Å². The molecule has 0 aliphatic rings. The van der Waals surface area contributed by atoms with Crippen LogP contribution in [0.1, 0.15) is 11.3 Å². The van der Waals surface area contributed by atoms with Crippen LogP contribution in [0.2, 0.25) is 0 Å². The summed E-state index contributed by atoms with van der Waals surface area (Å²) in [7, 11) is 0. The van der Waals surface area contributed by atoms with Crippen LogP contribution in [0.25, 0.3) is 16.9 Å². The van der Waals surface area contributed by atoms with E-state index in [0.717, 1.165) is 11.3 Å². The fourth-order valence-electron chi connectivity index (χ4n) is 2.12. The van der Waals surface area contributed by atoms with Gasteiger partial charge >= 0.3 is 0 Å². The highest BCUT2D eigenvalue weighted by Crippen LogP contribution is 2.25. The minimum Gasteiger partial charge on any atom is -0.304 e. The van der Waals surface area contributed by atoms with Gasteiger partial charge in [-0.3, -0.25) is 0 Å². The van der Waals surface area contributed by atoms with Gasteiger partial charge < -0.3 is 4.40 Å². The lowest BCUT2D eigenvalue weighted by molar-refractivity contribution is 0.595. The molecule has 3 rings (SSSR count). The number of nitrogens with zero attached hydrogens (tertiary/aromatic N) is 2. The van der Waals surface area contributed by atoms with Gasteiger partial charge in [-0.05, 0) is 43.7 Å². The fourth-order valence-corrected chi connectivity index (χ4v) is 2.12. The summed E-state index contributed by atoms with van der Waals surface area (Å²) in [4.78, 5) is 4.33. The first-order valence-electron chi connectivity index (χ1n) is 5.97. The van der Waals surface area contributed by atoms with E-state index in [4.69, 9.17) is 0 Å². The van der Waals surface area contributed by atoms with Crippen molar-refractivity contribution in [3.05, 3.63) is 59.4 Å². The van der Waals surface area contributed by atoms with Crippen molar-refractivity contribution in [3.8, 4) is 11.3 Å². The molecule has 0 saturated heterocycles. The Kier molecular flexibility index (Phi) is 2.59. The Morgan fingerprint density at radius 3 is 2.58 bits per heavy atom. The van der Waals surface area contributed by atoms with Crippen molar-refractivity contribution in [1.29, 1.82) is 0 Å². The van der Waals surface area contributed by atoms with E-state index in [0.29, 0.717) is 11.3 Å². The molecule has 2 heterocycles. The first kappa shape index (κ1) is 11.8. The lowest BCUT2D eigenvalue weighted by Crippen LogP contribution is -1.90. The van der Waals surface area contributed by atoms with Crippen LogP contribution < -0.4 is 0 Å². The predicted octanol–water partition coefficient (Wildman–Crippen LogP) is 3.90. The molecule has 96 valence electrons. The van der Waals surface area contributed by atoms with Crippen molar-refractivity contribution >= 4 is 5.65 Å². The molecular formula is C15H12F2N2. The maximum Gasteiger partial charge on any atom is 0.137 e. The molecule has 2 nitrogen and oxygen atoms in total. The van der Waals surface area contributed by atoms with Gasteiger partial charge in [-0.25, -0.2) is 13.8 Å². The summed E-state index contributed by atoms with van der Waals surface area (Å²) >= 11 is 0. The van der Waals surface area contributed by atoms with Crippen LogP contribution in [0.3, 0.4) is 0 Å². The molecule has 0 radical (unpaired) electrons. The third kappa shape index (κ3) is 1.89. The highest BCUT2D eigenvalue weighted by atomic mass is 19.1. The van der Waals surface area contributed by atoms with E-state index in [1.807, 2.05) is 29.5 Å². The molecule has 0 spiro atoms. The summed E-state index contributed by atoms with van der Waals surface area (Å²) in [6.07, 6.45) is 1.72. The average molecular weight is 258 g/mol. The minimum absolute atomic E-state index is 0.186. The van der Waals surface area contributed by atoms with E-state index in [2.05, 4.69) is 4.98 Å². The third-order valence-corrected chi connectivity index (χ3v) is 3.22. The van der Waals surface area contributed by atoms with Crippen LogP contribution in [0, 0.1) is 25.5 Å². The fraction of sp³-hybridized carbons (Fsp3) is 0.133. The molecule has 0 aliphatic carbocycles. The van der Waals surface area contributed by atoms with Crippen molar-refractivity contribution < 1.29 is 8.78 Å². The second kappa shape index (κ2) is 4.16. The third-order valence-electron chi connectivity index (χ3n) is 3.22. The van der Waals surface area contributed by atoms with Crippen LogP contribution in [-0.2, 0) is 0 Å². The number of aromatic nitrogens is 2. The number of rotatable bonds is 1. The lowest BCUT2D eigenvalue weighted by atomic mass is 10.1. The number of halogens is 2. The van der Waals surface area contributed by atoms with Crippen LogP contribution in [0.5, 0.6) is 0 Å². The zero-order valence-corrected chi connectivity index (χ0v) is 10.6. The molecule has 0 amide bonds. The van der Waals surface area contributed by atoms with Crippen LogP contribution in [-0.4, -0.2) is 9.38 Å². The maximum atomic E-state index is 13.9. The number of benzene rings is 1. The van der Waals surface area contributed by atoms with Crippen molar-refractivity contribution in [3.63, 3.8) is 0 Å². The summed E-state index contributed by atoms with van der Waals surface area (Å²) in [6.45, 7) is 3.47. The van der Waals surface area contributed by atoms with Crippen molar-refractivity contribution in [2.24, 2.45) is 0 Å². The van der Waals surface area contributed by atoms with Crippen LogP contribution >= 0.6 is 0 Å². The molecule has 1 aromatic carbocycles. The topological polar surface area (TPSA) is 17.3 Å². The van der Waals surface area contributed by atoms with Gasteiger partial charge in [-0.2, -0.15) is 0 Å². The number of fused-ring (bicyclic) bond motifs is 1. The molecule has 0 saturated carbocycles. The summed E-state index contributed by atoms with van der Waals surface area (Å²) < 4.78 is 29.4. The Morgan fingerprint density at radius 1 is 1.05 bits per heavy atom. The van der Waals surface area contributed by atoms with Crippen molar-refractivity contribution in [1.82, 2.24) is 9.38 Å². The van der Waals surface area contributed by atoms with Gasteiger partial charge in [0.2, 0.25) is 0 Å². The normalized spacial score (nSPS) is 11.2. The van der Waals surface area contributed by atoms with Gasteiger partial charge in [-0.1, -0.05) is 6.07 Å². The second-order valence-corrected chi connectivity index (χ2v) is 4.60. The highest BCUT2D eigenvalue weighted by molar-refractivity contribution is 5.64. The van der Waals surface area contributed by atoms with Gasteiger partial charge in [0.1, 0.15) is 17.3 Å². The predicted molar refractivity (Wildman–Crippen MR) is 70.0 cm³/mol. The van der Waals surface area contributed by atoms with Crippen LogP contribution in [0.4, 0.5) is 8.78 Å². The monoisotopic (exact) mass is 258 g/mol. The summed E-state index contributed by atoms with van der Waals surface area (Å²) in [6, 6.07) is 8.04. The number of aryl methyl sites for hydroxylation is 2. The van der Waals surface area contributed by atoms with E-state index >= 15 is 0 Å². The molecule has 0 unspecified atom stereocenters. The molecule has 0 fully saturated rings. The Hall–Kier alpha value is -2.23. The van der Waals surface area contributed by atoms with Gasteiger partial charge in [0, 0.05) is 17.5 Å². The lowest BCUT2D eigenvalue weighted by Gasteiger charge is -2.02. The first-order valence-corrected chi connectivity index (χ1v) is 5.97. The Labute approximate surface area is 109 Å². The Bertz CT molecular complexity index is 775. The molecule has 4 heteroatoms. The number of hydrogen-bond acceptors (Lipinski definition) is 1. The standard InChI is InChI=1S/C15H12F2N2/c1-9-6-13(17)11(7-12(9)16)14-8-19-10(2)4-3-5-15(19)18-14/h3-8H,1-2H3. The van der Waals surface area contributed by atoms with Gasteiger partial charge in [0.25, 0.3) is 0 Å². The van der Waals surface area contributed by atoms with E-state index < -0.39 is 11.6 Å². The number of imidazole rings is 1. The molecule has 0 atom stereocenters. The average Bonchev–Trinajstić information content (AvgIpc) is 2.79. The maximum absolute atomic E-state index is 13.9. The largest absolute Gasteiger partial charge is 0.304 e. The molecule has 0 N–H and O–H groups in total. The van der Waals surface area contributed by atoms with E-state index in [1.54, 1.807) is 6.20 Å². The number of pyridine rings is 1. The Balaban J connectivity index is 2.25. The molecule has 3 aromatic rings. The molecule has 0 bridgehead atoms. The molecular weight excluding hydrogens is 246 g/mol.